The van der Waals surface area contributed by atoms with Gasteiger partial charge in [0.15, 0.2) is 11.2 Å². The Kier molecular flexibility index (Phi) is 5.14. The van der Waals surface area contributed by atoms with Gasteiger partial charge < -0.3 is 14.8 Å². The third kappa shape index (κ3) is 3.22. The molecule has 148 valence electrons. The van der Waals surface area contributed by atoms with Crippen molar-refractivity contribution in [2.24, 2.45) is 14.1 Å². The standard InChI is InChI=1S/C17H18ClN5O5/c1-21-14-13(15(25)22(2)17(21)26)23(16(18)20-14)8-12(24)19-10-7-9(27-3)5-6-11(10)28-4/h5-7H,8H2,1-4H3,(H,19,24). The maximum absolute atomic E-state index is 12.6. The van der Waals surface area contributed by atoms with E-state index in [1.807, 2.05) is 0 Å². The Morgan fingerprint density at radius 2 is 1.89 bits per heavy atom. The van der Waals surface area contributed by atoms with Gasteiger partial charge in [-0.1, -0.05) is 0 Å². The van der Waals surface area contributed by atoms with E-state index < -0.39 is 17.2 Å². The molecule has 0 aliphatic carbocycles. The van der Waals surface area contributed by atoms with Crippen molar-refractivity contribution in [2.75, 3.05) is 19.5 Å². The highest BCUT2D eigenvalue weighted by Crippen LogP contribution is 2.29. The number of methoxy groups -OCH3 is 2. The summed E-state index contributed by atoms with van der Waals surface area (Å²) in [5.74, 6) is 0.504. The number of nitrogens with one attached hydrogen (secondary N) is 1. The highest BCUT2D eigenvalue weighted by molar-refractivity contribution is 6.29. The molecule has 28 heavy (non-hydrogen) atoms. The van der Waals surface area contributed by atoms with Gasteiger partial charge in [-0.2, -0.15) is 4.98 Å². The van der Waals surface area contributed by atoms with Crippen LogP contribution in [0.25, 0.3) is 11.2 Å². The summed E-state index contributed by atoms with van der Waals surface area (Å²) < 4.78 is 13.8. The zero-order valence-corrected chi connectivity index (χ0v) is 16.4. The van der Waals surface area contributed by atoms with E-state index >= 15 is 0 Å². The van der Waals surface area contributed by atoms with E-state index in [0.717, 1.165) is 4.57 Å². The van der Waals surface area contributed by atoms with Gasteiger partial charge in [-0.05, 0) is 23.7 Å². The van der Waals surface area contributed by atoms with Gasteiger partial charge in [0.2, 0.25) is 11.2 Å². The summed E-state index contributed by atoms with van der Waals surface area (Å²) in [7, 11) is 5.79. The molecule has 1 aromatic carbocycles. The number of carbonyl (C=O) groups is 1. The molecule has 0 aliphatic heterocycles. The highest BCUT2D eigenvalue weighted by atomic mass is 35.5. The molecule has 0 fully saturated rings. The number of nitrogens with zero attached hydrogens (tertiary/aromatic N) is 4. The lowest BCUT2D eigenvalue weighted by molar-refractivity contribution is -0.116. The molecule has 1 amide bonds. The number of hydrogen-bond donors (Lipinski definition) is 1. The molecule has 2 aromatic heterocycles. The van der Waals surface area contributed by atoms with Crippen LogP contribution in [-0.2, 0) is 25.4 Å². The first kappa shape index (κ1) is 19.5. The summed E-state index contributed by atoms with van der Waals surface area (Å²) in [5, 5.41) is 2.62. The summed E-state index contributed by atoms with van der Waals surface area (Å²) in [6.45, 7) is -0.289. The van der Waals surface area contributed by atoms with Gasteiger partial charge in [0.1, 0.15) is 18.0 Å². The van der Waals surface area contributed by atoms with Gasteiger partial charge in [-0.3, -0.25) is 23.3 Å². The maximum atomic E-state index is 12.6. The first-order valence-corrected chi connectivity index (χ1v) is 8.50. The molecule has 10 nitrogen and oxygen atoms in total. The zero-order chi connectivity index (χ0) is 20.6. The number of benzene rings is 1. The summed E-state index contributed by atoms with van der Waals surface area (Å²) in [5.41, 5.74) is -0.575. The number of fused-ring (bicyclic) bond motifs is 1. The molecule has 0 aliphatic rings. The quantitative estimate of drug-likeness (QED) is 0.625. The Bertz CT molecular complexity index is 1190. The molecule has 2 heterocycles. The molecule has 11 heteroatoms. The lowest BCUT2D eigenvalue weighted by Crippen LogP contribution is -2.37. The van der Waals surface area contributed by atoms with E-state index in [2.05, 4.69) is 10.3 Å². The van der Waals surface area contributed by atoms with Crippen LogP contribution in [-0.4, -0.2) is 38.8 Å². The van der Waals surface area contributed by atoms with Crippen molar-refractivity contribution in [2.45, 2.75) is 6.54 Å². The van der Waals surface area contributed by atoms with Gasteiger partial charge in [-0.15, -0.1) is 0 Å². The Morgan fingerprint density at radius 3 is 2.54 bits per heavy atom. The monoisotopic (exact) mass is 407 g/mol. The zero-order valence-electron chi connectivity index (χ0n) is 15.6. The smallest absolute Gasteiger partial charge is 0.332 e. The van der Waals surface area contributed by atoms with Crippen LogP contribution in [0.5, 0.6) is 11.5 Å². The predicted octanol–water partition coefficient (Wildman–Crippen LogP) is 0.743. The first-order chi connectivity index (χ1) is 13.3. The molecule has 0 unspecified atom stereocenters. The highest BCUT2D eigenvalue weighted by Gasteiger charge is 2.20. The van der Waals surface area contributed by atoms with E-state index in [1.54, 1.807) is 18.2 Å². The van der Waals surface area contributed by atoms with Crippen LogP contribution in [0, 0.1) is 0 Å². The number of anilines is 1. The van der Waals surface area contributed by atoms with Crippen LogP contribution >= 0.6 is 11.6 Å². The SMILES string of the molecule is COc1ccc(OC)c(NC(=O)Cn2c(Cl)nc3c2c(=O)n(C)c(=O)n3C)c1. The Morgan fingerprint density at radius 1 is 1.18 bits per heavy atom. The van der Waals surface area contributed by atoms with Crippen molar-refractivity contribution in [3.8, 4) is 11.5 Å². The first-order valence-electron chi connectivity index (χ1n) is 8.12. The van der Waals surface area contributed by atoms with Gasteiger partial charge in [0.05, 0.1) is 19.9 Å². The van der Waals surface area contributed by atoms with E-state index in [9.17, 15) is 14.4 Å². The summed E-state index contributed by atoms with van der Waals surface area (Å²) >= 11 is 6.13. The average molecular weight is 408 g/mol. The summed E-state index contributed by atoms with van der Waals surface area (Å²) in [4.78, 5) is 41.2. The van der Waals surface area contributed by atoms with Crippen LogP contribution in [0.15, 0.2) is 27.8 Å². The van der Waals surface area contributed by atoms with E-state index in [-0.39, 0.29) is 23.0 Å². The molecule has 0 bridgehead atoms. The van der Waals surface area contributed by atoms with Crippen molar-refractivity contribution in [1.82, 2.24) is 18.7 Å². The van der Waals surface area contributed by atoms with Crippen LogP contribution in [0.4, 0.5) is 5.69 Å². The van der Waals surface area contributed by atoms with E-state index in [0.29, 0.717) is 17.2 Å². The third-order valence-electron chi connectivity index (χ3n) is 4.28. The van der Waals surface area contributed by atoms with Gasteiger partial charge in [0, 0.05) is 20.2 Å². The second kappa shape index (κ2) is 7.39. The number of ether oxygens (including phenoxy) is 2. The number of aromatic nitrogens is 4. The molecule has 0 atom stereocenters. The fourth-order valence-electron chi connectivity index (χ4n) is 2.81. The van der Waals surface area contributed by atoms with Crippen molar-refractivity contribution in [3.63, 3.8) is 0 Å². The normalized spacial score (nSPS) is 10.9. The topological polar surface area (TPSA) is 109 Å². The average Bonchev–Trinajstić information content (AvgIpc) is 3.00. The van der Waals surface area contributed by atoms with Gasteiger partial charge in [-0.25, -0.2) is 4.79 Å². The molecule has 3 rings (SSSR count). The number of imidazole rings is 1. The second-order valence-corrected chi connectivity index (χ2v) is 6.30. The van der Waals surface area contributed by atoms with E-state index in [4.69, 9.17) is 21.1 Å². The van der Waals surface area contributed by atoms with Crippen molar-refractivity contribution >= 4 is 34.4 Å². The molecule has 0 radical (unpaired) electrons. The van der Waals surface area contributed by atoms with Gasteiger partial charge >= 0.3 is 5.69 Å². The maximum Gasteiger partial charge on any atom is 0.332 e. The lowest BCUT2D eigenvalue weighted by Gasteiger charge is -2.12. The minimum absolute atomic E-state index is 0.0577. The number of rotatable bonds is 5. The van der Waals surface area contributed by atoms with Crippen LogP contribution < -0.4 is 26.0 Å². The molecule has 1 N–H and O–H groups in total. The van der Waals surface area contributed by atoms with Crippen LogP contribution in [0.3, 0.4) is 0 Å². The summed E-state index contributed by atoms with van der Waals surface area (Å²) in [6, 6.07) is 4.95. The third-order valence-corrected chi connectivity index (χ3v) is 4.57. The molecule has 0 spiro atoms. The molecular weight excluding hydrogens is 390 g/mol. The molecular formula is C17H18ClN5O5. The van der Waals surface area contributed by atoms with Crippen molar-refractivity contribution in [1.29, 1.82) is 0 Å². The number of aryl methyl sites for hydroxylation is 1. The number of hydrogen-bond acceptors (Lipinski definition) is 6. The predicted molar refractivity (Wildman–Crippen MR) is 103 cm³/mol. The fourth-order valence-corrected chi connectivity index (χ4v) is 3.03. The Labute approximate surface area is 163 Å². The van der Waals surface area contributed by atoms with E-state index in [1.165, 1.54) is 37.4 Å². The lowest BCUT2D eigenvalue weighted by atomic mass is 10.2. The fraction of sp³-hybridized carbons (Fsp3) is 0.294. The number of carbonyl (C=O) groups excluding carboxylic acids is 1. The minimum atomic E-state index is -0.593. The minimum Gasteiger partial charge on any atom is -0.497 e. The number of amides is 1. The Hall–Kier alpha value is -3.27. The van der Waals surface area contributed by atoms with Gasteiger partial charge in [0.25, 0.3) is 5.56 Å². The van der Waals surface area contributed by atoms with Crippen LogP contribution in [0.2, 0.25) is 5.28 Å². The Balaban J connectivity index is 2.00. The number of halogens is 1. The molecule has 0 saturated carbocycles. The molecule has 3 aromatic rings. The van der Waals surface area contributed by atoms with Crippen LogP contribution in [0.1, 0.15) is 0 Å². The summed E-state index contributed by atoms with van der Waals surface area (Å²) in [6.07, 6.45) is 0. The van der Waals surface area contributed by atoms with Crippen molar-refractivity contribution in [3.05, 3.63) is 44.3 Å². The molecule has 0 saturated heterocycles. The van der Waals surface area contributed by atoms with Crippen molar-refractivity contribution < 1.29 is 14.3 Å². The second-order valence-electron chi connectivity index (χ2n) is 5.96. The largest absolute Gasteiger partial charge is 0.497 e.